The zero-order valence-corrected chi connectivity index (χ0v) is 20.4. The van der Waals surface area contributed by atoms with Gasteiger partial charge in [-0.15, -0.1) is 0 Å². The number of aliphatic hydroxyl groups is 2. The zero-order chi connectivity index (χ0) is 24.4. The fourth-order valence-corrected chi connectivity index (χ4v) is 4.47. The fraction of sp³-hybridized carbons (Fsp3) is 0.652. The molecule has 1 amide bonds. The van der Waals surface area contributed by atoms with Gasteiger partial charge in [0.15, 0.2) is 0 Å². The molecule has 0 bridgehead atoms. The Labute approximate surface area is 195 Å². The number of likely N-dealkylation sites (N-methyl/N-ethyl adjacent to an activating group) is 1. The van der Waals surface area contributed by atoms with Crippen molar-refractivity contribution in [2.24, 2.45) is 5.92 Å². The van der Waals surface area contributed by atoms with E-state index in [1.807, 2.05) is 6.92 Å². The predicted molar refractivity (Wildman–Crippen MR) is 123 cm³/mol. The number of ether oxygens (including phenoxy) is 1. The summed E-state index contributed by atoms with van der Waals surface area (Å²) in [6.45, 7) is 3.76. The average molecular weight is 480 g/mol. The van der Waals surface area contributed by atoms with Crippen LogP contribution in [-0.4, -0.2) is 89.5 Å². The van der Waals surface area contributed by atoms with Gasteiger partial charge >= 0.3 is 0 Å². The lowest BCUT2D eigenvalue weighted by molar-refractivity contribution is 0.0373. The number of sulfonamides is 1. The van der Waals surface area contributed by atoms with Crippen LogP contribution in [0.25, 0.3) is 0 Å². The molecule has 1 aliphatic heterocycles. The standard InChI is InChI=1S/C23H33N3O6S/c1-16-13-26(17(2)15-27)22(28)19-11-18(7-10-23(29)8-5-6-9-23)12-24-21(19)32-20(16)14-25(3)33(4,30)31/h11-12,16-17,20,27,29H,5-6,8-9,13-15H2,1-4H3/t16-,17+,20+/m1/s1. The molecule has 33 heavy (non-hydrogen) atoms. The summed E-state index contributed by atoms with van der Waals surface area (Å²) in [5, 5.41) is 20.2. The second kappa shape index (κ2) is 9.97. The van der Waals surface area contributed by atoms with Gasteiger partial charge in [-0.2, -0.15) is 0 Å². The first-order valence-electron chi connectivity index (χ1n) is 11.2. The van der Waals surface area contributed by atoms with Crippen LogP contribution in [0.4, 0.5) is 0 Å². The van der Waals surface area contributed by atoms with Crippen LogP contribution in [0.15, 0.2) is 12.3 Å². The summed E-state index contributed by atoms with van der Waals surface area (Å²) in [4.78, 5) is 19.3. The molecule has 9 nitrogen and oxygen atoms in total. The van der Waals surface area contributed by atoms with E-state index in [9.17, 15) is 23.4 Å². The summed E-state index contributed by atoms with van der Waals surface area (Å²) >= 11 is 0. The average Bonchev–Trinajstić information content (AvgIpc) is 3.20. The van der Waals surface area contributed by atoms with Gasteiger partial charge in [-0.05, 0) is 38.7 Å². The second-order valence-corrected chi connectivity index (χ2v) is 11.3. The minimum Gasteiger partial charge on any atom is -0.472 e. The third kappa shape index (κ3) is 6.03. The van der Waals surface area contributed by atoms with Crippen molar-refractivity contribution in [2.75, 3.05) is 33.0 Å². The van der Waals surface area contributed by atoms with Crippen molar-refractivity contribution in [2.45, 2.75) is 57.3 Å². The lowest BCUT2D eigenvalue weighted by Gasteiger charge is -2.37. The van der Waals surface area contributed by atoms with Crippen LogP contribution >= 0.6 is 0 Å². The first kappa shape index (κ1) is 25.4. The molecule has 1 aromatic heterocycles. The highest BCUT2D eigenvalue weighted by molar-refractivity contribution is 7.88. The number of rotatable bonds is 5. The highest BCUT2D eigenvalue weighted by Crippen LogP contribution is 2.30. The summed E-state index contributed by atoms with van der Waals surface area (Å²) in [5.41, 5.74) is -0.348. The second-order valence-electron chi connectivity index (χ2n) is 9.23. The summed E-state index contributed by atoms with van der Waals surface area (Å²) < 4.78 is 31.2. The highest BCUT2D eigenvalue weighted by Gasteiger charge is 2.35. The number of hydrogen-bond donors (Lipinski definition) is 2. The van der Waals surface area contributed by atoms with Crippen LogP contribution in [0, 0.1) is 17.8 Å². The molecule has 2 N–H and O–H groups in total. The molecule has 0 radical (unpaired) electrons. The Morgan fingerprint density at radius 1 is 1.39 bits per heavy atom. The topological polar surface area (TPSA) is 120 Å². The van der Waals surface area contributed by atoms with E-state index < -0.39 is 27.8 Å². The SMILES string of the molecule is C[C@@H]1CN([C@@H](C)CO)C(=O)c2cc(C#CC3(O)CCCC3)cnc2O[C@H]1CN(C)S(C)(=O)=O. The van der Waals surface area contributed by atoms with Crippen molar-refractivity contribution in [1.82, 2.24) is 14.2 Å². The quantitative estimate of drug-likeness (QED) is 0.601. The molecule has 3 rings (SSSR count). The Morgan fingerprint density at radius 3 is 2.67 bits per heavy atom. The number of carbonyl (C=O) groups is 1. The highest BCUT2D eigenvalue weighted by atomic mass is 32.2. The lowest BCUT2D eigenvalue weighted by Crippen LogP contribution is -2.50. The summed E-state index contributed by atoms with van der Waals surface area (Å²) in [5.74, 6) is 5.38. The molecule has 1 fully saturated rings. The molecular formula is C23H33N3O6S. The van der Waals surface area contributed by atoms with Crippen molar-refractivity contribution in [1.29, 1.82) is 0 Å². The van der Waals surface area contributed by atoms with Crippen molar-refractivity contribution >= 4 is 15.9 Å². The monoisotopic (exact) mass is 479 g/mol. The number of nitrogens with zero attached hydrogens (tertiary/aromatic N) is 3. The molecule has 0 saturated heterocycles. The van der Waals surface area contributed by atoms with Gasteiger partial charge in [0.25, 0.3) is 5.91 Å². The molecule has 0 spiro atoms. The maximum atomic E-state index is 13.4. The van der Waals surface area contributed by atoms with Crippen molar-refractivity contribution in [3.8, 4) is 17.7 Å². The number of carbonyl (C=O) groups excluding carboxylic acids is 1. The molecule has 1 aliphatic carbocycles. The minimum atomic E-state index is -3.43. The number of fused-ring (bicyclic) bond motifs is 1. The maximum absolute atomic E-state index is 13.4. The van der Waals surface area contributed by atoms with E-state index >= 15 is 0 Å². The summed E-state index contributed by atoms with van der Waals surface area (Å²) in [6, 6.07) is 1.13. The largest absolute Gasteiger partial charge is 0.472 e. The van der Waals surface area contributed by atoms with Crippen LogP contribution in [0.2, 0.25) is 0 Å². The lowest BCUT2D eigenvalue weighted by atomic mass is 10.00. The van der Waals surface area contributed by atoms with E-state index in [0.29, 0.717) is 18.4 Å². The maximum Gasteiger partial charge on any atom is 0.259 e. The fourth-order valence-electron chi connectivity index (χ4n) is 4.05. The van der Waals surface area contributed by atoms with Crippen molar-refractivity contribution in [3.63, 3.8) is 0 Å². The van der Waals surface area contributed by atoms with Gasteiger partial charge in [-0.1, -0.05) is 18.8 Å². The summed E-state index contributed by atoms with van der Waals surface area (Å²) in [6.07, 6.45) is 5.14. The van der Waals surface area contributed by atoms with Crippen LogP contribution in [0.5, 0.6) is 5.88 Å². The number of aliphatic hydroxyl groups excluding tert-OH is 1. The molecule has 182 valence electrons. The van der Waals surface area contributed by atoms with Crippen molar-refractivity contribution < 1.29 is 28.2 Å². The third-order valence-corrected chi connectivity index (χ3v) is 7.68. The molecule has 3 atom stereocenters. The van der Waals surface area contributed by atoms with E-state index in [1.165, 1.54) is 17.5 Å². The van der Waals surface area contributed by atoms with Crippen LogP contribution < -0.4 is 4.74 Å². The number of amides is 1. The van der Waals surface area contributed by atoms with Gasteiger partial charge in [-0.3, -0.25) is 4.79 Å². The van der Waals surface area contributed by atoms with Crippen LogP contribution in [0.1, 0.15) is 55.5 Å². The third-order valence-electron chi connectivity index (χ3n) is 6.39. The van der Waals surface area contributed by atoms with Crippen molar-refractivity contribution in [3.05, 3.63) is 23.4 Å². The van der Waals surface area contributed by atoms with Crippen LogP contribution in [0.3, 0.4) is 0 Å². The number of hydrogen-bond acceptors (Lipinski definition) is 7. The van der Waals surface area contributed by atoms with Gasteiger partial charge in [0.1, 0.15) is 17.3 Å². The Bertz CT molecular complexity index is 1040. The normalized spacial score (nSPS) is 23.7. The summed E-state index contributed by atoms with van der Waals surface area (Å²) in [7, 11) is -1.95. The molecule has 1 aromatic rings. The van der Waals surface area contributed by atoms with E-state index in [0.717, 1.165) is 19.1 Å². The Hall–Kier alpha value is -2.19. The van der Waals surface area contributed by atoms with E-state index in [-0.39, 0.29) is 43.0 Å². The molecule has 2 aliphatic rings. The van der Waals surface area contributed by atoms with E-state index in [2.05, 4.69) is 16.8 Å². The molecular weight excluding hydrogens is 446 g/mol. The van der Waals surface area contributed by atoms with Crippen LogP contribution in [-0.2, 0) is 10.0 Å². The zero-order valence-electron chi connectivity index (χ0n) is 19.6. The minimum absolute atomic E-state index is 0.0885. The Kier molecular flexibility index (Phi) is 7.69. The van der Waals surface area contributed by atoms with Gasteiger partial charge < -0.3 is 19.8 Å². The molecule has 1 saturated carbocycles. The number of aromatic nitrogens is 1. The molecule has 10 heteroatoms. The Balaban J connectivity index is 1.99. The first-order chi connectivity index (χ1) is 15.4. The molecule has 0 aromatic carbocycles. The first-order valence-corrected chi connectivity index (χ1v) is 13.0. The predicted octanol–water partition coefficient (Wildman–Crippen LogP) is 0.850. The van der Waals surface area contributed by atoms with E-state index in [1.54, 1.807) is 17.9 Å². The van der Waals surface area contributed by atoms with Gasteiger partial charge in [0.05, 0.1) is 25.4 Å². The van der Waals surface area contributed by atoms with Gasteiger partial charge in [-0.25, -0.2) is 17.7 Å². The number of pyridine rings is 1. The molecule has 2 heterocycles. The Morgan fingerprint density at radius 2 is 2.06 bits per heavy atom. The smallest absolute Gasteiger partial charge is 0.259 e. The van der Waals surface area contributed by atoms with E-state index in [4.69, 9.17) is 4.74 Å². The van der Waals surface area contributed by atoms with Gasteiger partial charge in [0, 0.05) is 31.3 Å². The van der Waals surface area contributed by atoms with Gasteiger partial charge in [0.2, 0.25) is 15.9 Å². The molecule has 0 unspecified atom stereocenters.